The van der Waals surface area contributed by atoms with Crippen molar-refractivity contribution in [1.82, 2.24) is 4.90 Å². The van der Waals surface area contributed by atoms with Crippen LogP contribution in [0.5, 0.6) is 0 Å². The number of amides is 1. The predicted octanol–water partition coefficient (Wildman–Crippen LogP) is 0.379. The number of hydrogen-bond donors (Lipinski definition) is 1. The quantitative estimate of drug-likeness (QED) is 0.796. The molecule has 2 aliphatic rings. The topological polar surface area (TPSA) is 91.8 Å². The minimum Gasteiger partial charge on any atom is -0.481 e. The smallest absolute Gasteiger partial charge is 0.307 e. The first-order chi connectivity index (χ1) is 9.21. The van der Waals surface area contributed by atoms with E-state index in [2.05, 4.69) is 0 Å². The van der Waals surface area contributed by atoms with Gasteiger partial charge in [0.15, 0.2) is 9.84 Å². The molecule has 7 heteroatoms. The van der Waals surface area contributed by atoms with E-state index < -0.39 is 27.6 Å². The number of rotatable bonds is 2. The van der Waals surface area contributed by atoms with Crippen LogP contribution in [-0.2, 0) is 19.4 Å². The van der Waals surface area contributed by atoms with Gasteiger partial charge in [0.25, 0.3) is 0 Å². The van der Waals surface area contributed by atoms with Gasteiger partial charge in [0.05, 0.1) is 23.3 Å². The third-order valence-electron chi connectivity index (χ3n) is 4.39. The van der Waals surface area contributed by atoms with Gasteiger partial charge in [0, 0.05) is 12.6 Å². The van der Waals surface area contributed by atoms with Crippen LogP contribution in [0.3, 0.4) is 0 Å². The Morgan fingerprint density at radius 3 is 2.30 bits per heavy atom. The van der Waals surface area contributed by atoms with Crippen LogP contribution in [-0.4, -0.2) is 54.4 Å². The van der Waals surface area contributed by atoms with Crippen molar-refractivity contribution in [1.29, 1.82) is 0 Å². The number of aliphatic carboxylic acids is 1. The maximum absolute atomic E-state index is 12.6. The highest BCUT2D eigenvalue weighted by Crippen LogP contribution is 2.38. The fraction of sp³-hybridized carbons (Fsp3) is 0.846. The minimum absolute atomic E-state index is 0.0247. The van der Waals surface area contributed by atoms with Crippen molar-refractivity contribution in [2.45, 2.75) is 32.7 Å². The molecule has 1 heterocycles. The summed E-state index contributed by atoms with van der Waals surface area (Å²) in [5.74, 6) is -2.10. The number of nitrogens with zero attached hydrogens (tertiary/aromatic N) is 1. The third kappa shape index (κ3) is 2.97. The van der Waals surface area contributed by atoms with E-state index in [1.165, 1.54) is 0 Å². The largest absolute Gasteiger partial charge is 0.481 e. The molecule has 0 aromatic heterocycles. The average Bonchev–Trinajstić information content (AvgIpc) is 2.69. The number of sulfone groups is 1. The Bertz CT molecular complexity index is 515. The van der Waals surface area contributed by atoms with Gasteiger partial charge >= 0.3 is 5.97 Å². The second kappa shape index (κ2) is 5.35. The molecule has 2 fully saturated rings. The zero-order valence-electron chi connectivity index (χ0n) is 11.8. The summed E-state index contributed by atoms with van der Waals surface area (Å²) in [4.78, 5) is 25.4. The third-order valence-corrected chi connectivity index (χ3v) is 6.18. The summed E-state index contributed by atoms with van der Waals surface area (Å²) < 4.78 is 23.1. The molecular weight excluding hydrogens is 282 g/mol. The van der Waals surface area contributed by atoms with E-state index in [4.69, 9.17) is 0 Å². The number of hydrogen-bond acceptors (Lipinski definition) is 4. The molecule has 0 bridgehead atoms. The van der Waals surface area contributed by atoms with Crippen molar-refractivity contribution in [3.63, 3.8) is 0 Å². The Balaban J connectivity index is 2.13. The Labute approximate surface area is 119 Å². The highest BCUT2D eigenvalue weighted by molar-refractivity contribution is 7.91. The molecule has 20 heavy (non-hydrogen) atoms. The van der Waals surface area contributed by atoms with Crippen LogP contribution in [0.4, 0.5) is 0 Å². The average molecular weight is 303 g/mol. The molecular formula is C13H21NO5S. The second-order valence-corrected chi connectivity index (χ2v) is 8.35. The van der Waals surface area contributed by atoms with E-state index in [0.717, 1.165) is 0 Å². The maximum atomic E-state index is 12.6. The standard InChI is InChI=1S/C13H21NO5S/c1-8-5-10(11(6-8)13(16)17)12(15)14-3-4-20(18,19)7-9(14)2/h8-11H,3-7H2,1-2H3,(H,16,17). The van der Waals surface area contributed by atoms with Gasteiger partial charge < -0.3 is 10.0 Å². The first kappa shape index (κ1) is 15.3. The van der Waals surface area contributed by atoms with Crippen LogP contribution < -0.4 is 0 Å². The summed E-state index contributed by atoms with van der Waals surface area (Å²) >= 11 is 0. The molecule has 114 valence electrons. The lowest BCUT2D eigenvalue weighted by Gasteiger charge is -2.35. The van der Waals surface area contributed by atoms with Crippen molar-refractivity contribution in [3.05, 3.63) is 0 Å². The van der Waals surface area contributed by atoms with Gasteiger partial charge in [0.2, 0.25) is 5.91 Å². The van der Waals surface area contributed by atoms with Crippen molar-refractivity contribution in [2.75, 3.05) is 18.1 Å². The van der Waals surface area contributed by atoms with Gasteiger partial charge in [-0.2, -0.15) is 0 Å². The molecule has 0 radical (unpaired) electrons. The summed E-state index contributed by atoms with van der Waals surface area (Å²) in [7, 11) is -3.07. The number of carbonyl (C=O) groups is 2. The van der Waals surface area contributed by atoms with Gasteiger partial charge in [-0.3, -0.25) is 9.59 Å². The van der Waals surface area contributed by atoms with Crippen molar-refractivity contribution in [3.8, 4) is 0 Å². The van der Waals surface area contributed by atoms with E-state index >= 15 is 0 Å². The van der Waals surface area contributed by atoms with Crippen molar-refractivity contribution >= 4 is 21.7 Å². The Morgan fingerprint density at radius 1 is 1.15 bits per heavy atom. The normalized spacial score (nSPS) is 36.8. The van der Waals surface area contributed by atoms with Crippen molar-refractivity contribution < 1.29 is 23.1 Å². The van der Waals surface area contributed by atoms with E-state index in [0.29, 0.717) is 12.8 Å². The lowest BCUT2D eigenvalue weighted by molar-refractivity contribution is -0.149. The molecule has 1 saturated heterocycles. The summed E-state index contributed by atoms with van der Waals surface area (Å²) in [6, 6.07) is -0.369. The second-order valence-electron chi connectivity index (χ2n) is 6.12. The van der Waals surface area contributed by atoms with Gasteiger partial charge in [-0.1, -0.05) is 6.92 Å². The Morgan fingerprint density at radius 2 is 1.75 bits per heavy atom. The SMILES string of the molecule is CC1CC(C(=O)O)C(C(=O)N2CCS(=O)(=O)CC2C)C1. The Kier molecular flexibility index (Phi) is 4.09. The first-order valence-electron chi connectivity index (χ1n) is 6.95. The van der Waals surface area contributed by atoms with E-state index in [1.54, 1.807) is 11.8 Å². The molecule has 0 spiro atoms. The predicted molar refractivity (Wildman–Crippen MR) is 72.8 cm³/mol. The minimum atomic E-state index is -3.07. The summed E-state index contributed by atoms with van der Waals surface area (Å²) in [5.41, 5.74) is 0. The van der Waals surface area contributed by atoms with Gasteiger partial charge in [-0.25, -0.2) is 8.42 Å². The lowest BCUT2D eigenvalue weighted by Crippen LogP contribution is -2.52. The molecule has 1 amide bonds. The van der Waals surface area contributed by atoms with E-state index in [1.807, 2.05) is 6.92 Å². The van der Waals surface area contributed by atoms with Crippen LogP contribution in [0.15, 0.2) is 0 Å². The van der Waals surface area contributed by atoms with Gasteiger partial charge in [-0.15, -0.1) is 0 Å². The molecule has 0 aromatic rings. The lowest BCUT2D eigenvalue weighted by atomic mass is 9.94. The van der Waals surface area contributed by atoms with Crippen molar-refractivity contribution in [2.24, 2.45) is 17.8 Å². The molecule has 1 aliphatic heterocycles. The van der Waals surface area contributed by atoms with Crippen LogP contribution in [0.2, 0.25) is 0 Å². The van der Waals surface area contributed by atoms with Crippen LogP contribution >= 0.6 is 0 Å². The van der Waals surface area contributed by atoms with Crippen LogP contribution in [0, 0.1) is 17.8 Å². The number of carboxylic acid groups (broad SMARTS) is 1. The Hall–Kier alpha value is -1.11. The molecule has 1 N–H and O–H groups in total. The summed E-state index contributed by atoms with van der Waals surface area (Å²) in [5, 5.41) is 9.23. The highest BCUT2D eigenvalue weighted by Gasteiger charge is 2.44. The summed E-state index contributed by atoms with van der Waals surface area (Å²) in [6.07, 6.45) is 1.10. The molecule has 0 aromatic carbocycles. The highest BCUT2D eigenvalue weighted by atomic mass is 32.2. The van der Waals surface area contributed by atoms with E-state index in [9.17, 15) is 23.1 Å². The zero-order valence-corrected chi connectivity index (χ0v) is 12.6. The first-order valence-corrected chi connectivity index (χ1v) is 8.77. The van der Waals surface area contributed by atoms with Crippen LogP contribution in [0.25, 0.3) is 0 Å². The molecule has 1 saturated carbocycles. The van der Waals surface area contributed by atoms with Gasteiger partial charge in [0.1, 0.15) is 0 Å². The fourth-order valence-electron chi connectivity index (χ4n) is 3.38. The van der Waals surface area contributed by atoms with Crippen LogP contribution in [0.1, 0.15) is 26.7 Å². The number of carboxylic acids is 1. The molecule has 1 aliphatic carbocycles. The van der Waals surface area contributed by atoms with E-state index in [-0.39, 0.29) is 35.9 Å². The molecule has 4 unspecified atom stereocenters. The molecule has 4 atom stereocenters. The maximum Gasteiger partial charge on any atom is 0.307 e. The number of carbonyl (C=O) groups excluding carboxylic acids is 1. The fourth-order valence-corrected chi connectivity index (χ4v) is 4.93. The monoisotopic (exact) mass is 303 g/mol. The summed E-state index contributed by atoms with van der Waals surface area (Å²) in [6.45, 7) is 3.84. The zero-order chi connectivity index (χ0) is 15.1. The molecule has 6 nitrogen and oxygen atoms in total. The van der Waals surface area contributed by atoms with Gasteiger partial charge in [-0.05, 0) is 25.7 Å². The molecule has 2 rings (SSSR count).